The summed E-state index contributed by atoms with van der Waals surface area (Å²) < 4.78 is 5.86. The number of amides is 1. The SMILES string of the molecule is COc1ccc(C(=O)N2CCCc3ccc([N+](=O)[O-])cc32)cc1Br. The van der Waals surface area contributed by atoms with Crippen LogP contribution in [0.5, 0.6) is 5.75 Å². The van der Waals surface area contributed by atoms with Crippen LogP contribution in [0.1, 0.15) is 22.3 Å². The normalized spacial score (nSPS) is 13.3. The molecular formula is C17H15BrN2O4. The summed E-state index contributed by atoms with van der Waals surface area (Å²) in [6, 6.07) is 9.80. The maximum atomic E-state index is 12.9. The molecule has 124 valence electrons. The first-order valence-electron chi connectivity index (χ1n) is 7.44. The van der Waals surface area contributed by atoms with Crippen LogP contribution in [0.2, 0.25) is 0 Å². The van der Waals surface area contributed by atoms with Gasteiger partial charge in [-0.05, 0) is 52.5 Å². The lowest BCUT2D eigenvalue weighted by molar-refractivity contribution is -0.384. The van der Waals surface area contributed by atoms with E-state index < -0.39 is 4.92 Å². The number of ether oxygens (including phenoxy) is 1. The van der Waals surface area contributed by atoms with Crippen molar-refractivity contribution in [3.8, 4) is 5.75 Å². The van der Waals surface area contributed by atoms with Gasteiger partial charge in [0.15, 0.2) is 0 Å². The van der Waals surface area contributed by atoms with Crippen molar-refractivity contribution in [1.29, 1.82) is 0 Å². The fourth-order valence-corrected chi connectivity index (χ4v) is 3.38. The van der Waals surface area contributed by atoms with Gasteiger partial charge in [0.1, 0.15) is 5.75 Å². The summed E-state index contributed by atoms with van der Waals surface area (Å²) in [6.07, 6.45) is 1.64. The van der Waals surface area contributed by atoms with E-state index in [9.17, 15) is 14.9 Å². The summed E-state index contributed by atoms with van der Waals surface area (Å²) >= 11 is 3.38. The highest BCUT2D eigenvalue weighted by molar-refractivity contribution is 9.10. The molecule has 0 bridgehead atoms. The second kappa shape index (κ2) is 6.60. The Kier molecular flexibility index (Phi) is 4.53. The number of hydrogen-bond donors (Lipinski definition) is 0. The van der Waals surface area contributed by atoms with Gasteiger partial charge in [0.05, 0.1) is 22.2 Å². The number of benzene rings is 2. The Morgan fingerprint density at radius 3 is 2.75 bits per heavy atom. The lowest BCUT2D eigenvalue weighted by Gasteiger charge is -2.29. The van der Waals surface area contributed by atoms with Gasteiger partial charge in [-0.1, -0.05) is 6.07 Å². The number of nitro benzene ring substituents is 1. The number of non-ortho nitro benzene ring substituents is 1. The first-order valence-corrected chi connectivity index (χ1v) is 8.23. The fraction of sp³-hybridized carbons (Fsp3) is 0.235. The van der Waals surface area contributed by atoms with Crippen LogP contribution in [0.4, 0.5) is 11.4 Å². The maximum Gasteiger partial charge on any atom is 0.271 e. The minimum atomic E-state index is -0.443. The first-order chi connectivity index (χ1) is 11.5. The maximum absolute atomic E-state index is 12.9. The molecule has 2 aromatic rings. The summed E-state index contributed by atoms with van der Waals surface area (Å²) in [4.78, 5) is 25.1. The van der Waals surface area contributed by atoms with E-state index in [1.165, 1.54) is 12.1 Å². The Morgan fingerprint density at radius 1 is 1.29 bits per heavy atom. The van der Waals surface area contributed by atoms with Gasteiger partial charge < -0.3 is 9.64 Å². The molecule has 1 aliphatic heterocycles. The molecule has 0 spiro atoms. The third kappa shape index (κ3) is 2.99. The Hall–Kier alpha value is -2.41. The molecule has 1 aliphatic rings. The highest BCUT2D eigenvalue weighted by Crippen LogP contribution is 2.33. The lowest BCUT2D eigenvalue weighted by Crippen LogP contribution is -2.35. The highest BCUT2D eigenvalue weighted by Gasteiger charge is 2.26. The van der Waals surface area contributed by atoms with Crippen molar-refractivity contribution in [3.05, 3.63) is 62.1 Å². The number of nitro groups is 1. The molecule has 0 saturated heterocycles. The lowest BCUT2D eigenvalue weighted by atomic mass is 10.00. The molecule has 7 heteroatoms. The monoisotopic (exact) mass is 390 g/mol. The number of fused-ring (bicyclic) bond motifs is 1. The van der Waals surface area contributed by atoms with Crippen LogP contribution in [0.15, 0.2) is 40.9 Å². The van der Waals surface area contributed by atoms with E-state index in [1.54, 1.807) is 36.3 Å². The van der Waals surface area contributed by atoms with Crippen LogP contribution in [0.25, 0.3) is 0 Å². The van der Waals surface area contributed by atoms with Crippen molar-refractivity contribution in [2.75, 3.05) is 18.6 Å². The highest BCUT2D eigenvalue weighted by atomic mass is 79.9. The Bertz CT molecular complexity index is 822. The number of hydrogen-bond acceptors (Lipinski definition) is 4. The number of methoxy groups -OCH3 is 1. The van der Waals surface area contributed by atoms with Gasteiger partial charge in [-0.2, -0.15) is 0 Å². The quantitative estimate of drug-likeness (QED) is 0.587. The number of anilines is 1. The predicted molar refractivity (Wildman–Crippen MR) is 93.8 cm³/mol. The predicted octanol–water partition coefficient (Wildman–Crippen LogP) is 3.96. The number of aryl methyl sites for hydroxylation is 1. The van der Waals surface area contributed by atoms with Crippen molar-refractivity contribution >= 4 is 33.2 Å². The number of rotatable bonds is 3. The van der Waals surface area contributed by atoms with Crippen molar-refractivity contribution in [2.45, 2.75) is 12.8 Å². The van der Waals surface area contributed by atoms with Crippen LogP contribution in [-0.2, 0) is 6.42 Å². The van der Waals surface area contributed by atoms with Gasteiger partial charge in [0.2, 0.25) is 0 Å². The van der Waals surface area contributed by atoms with Gasteiger partial charge in [-0.15, -0.1) is 0 Å². The number of halogens is 1. The van der Waals surface area contributed by atoms with Gasteiger partial charge in [0, 0.05) is 24.2 Å². The van der Waals surface area contributed by atoms with E-state index in [1.807, 2.05) is 0 Å². The Balaban J connectivity index is 1.99. The smallest absolute Gasteiger partial charge is 0.271 e. The van der Waals surface area contributed by atoms with Crippen LogP contribution in [0.3, 0.4) is 0 Å². The zero-order valence-corrected chi connectivity index (χ0v) is 14.6. The minimum absolute atomic E-state index is 0.00985. The second-order valence-electron chi connectivity index (χ2n) is 5.48. The molecule has 24 heavy (non-hydrogen) atoms. The molecule has 0 N–H and O–H groups in total. The van der Waals surface area contributed by atoms with Crippen molar-refractivity contribution < 1.29 is 14.5 Å². The first kappa shape index (κ1) is 16.4. The molecule has 0 aromatic heterocycles. The topological polar surface area (TPSA) is 72.7 Å². The molecule has 0 radical (unpaired) electrons. The van der Waals surface area contributed by atoms with Crippen molar-refractivity contribution in [3.63, 3.8) is 0 Å². The van der Waals surface area contributed by atoms with E-state index >= 15 is 0 Å². The molecule has 0 saturated carbocycles. The molecule has 2 aromatic carbocycles. The molecular weight excluding hydrogens is 376 g/mol. The van der Waals surface area contributed by atoms with Crippen molar-refractivity contribution in [2.24, 2.45) is 0 Å². The van der Waals surface area contributed by atoms with Crippen LogP contribution < -0.4 is 9.64 Å². The zero-order chi connectivity index (χ0) is 17.3. The van der Waals surface area contributed by atoms with Crippen LogP contribution in [-0.4, -0.2) is 24.5 Å². The molecule has 1 heterocycles. The number of nitrogens with zero attached hydrogens (tertiary/aromatic N) is 2. The largest absolute Gasteiger partial charge is 0.496 e. The van der Waals surface area contributed by atoms with Crippen LogP contribution in [0, 0.1) is 10.1 Å². The van der Waals surface area contributed by atoms with E-state index in [0.717, 1.165) is 18.4 Å². The summed E-state index contributed by atoms with van der Waals surface area (Å²) in [6.45, 7) is 0.538. The molecule has 3 rings (SSSR count). The second-order valence-corrected chi connectivity index (χ2v) is 6.33. The molecule has 1 amide bonds. The minimum Gasteiger partial charge on any atom is -0.496 e. The summed E-state index contributed by atoms with van der Waals surface area (Å²) in [5.74, 6) is 0.459. The van der Waals surface area contributed by atoms with E-state index in [2.05, 4.69) is 15.9 Å². The van der Waals surface area contributed by atoms with Crippen molar-refractivity contribution in [1.82, 2.24) is 0 Å². The summed E-state index contributed by atoms with van der Waals surface area (Å²) in [5, 5.41) is 11.0. The van der Waals surface area contributed by atoms with Gasteiger partial charge in [0.25, 0.3) is 11.6 Å². The Labute approximate surface area is 147 Å². The van der Waals surface area contributed by atoms with Crippen LogP contribution >= 0.6 is 15.9 Å². The number of carbonyl (C=O) groups excluding carboxylic acids is 1. The average molecular weight is 391 g/mol. The average Bonchev–Trinajstić information content (AvgIpc) is 2.60. The van der Waals surface area contributed by atoms with Gasteiger partial charge in [-0.3, -0.25) is 14.9 Å². The third-order valence-corrected chi connectivity index (χ3v) is 4.66. The molecule has 0 atom stereocenters. The molecule has 0 unspecified atom stereocenters. The fourth-order valence-electron chi connectivity index (χ4n) is 2.84. The van der Waals surface area contributed by atoms with E-state index in [-0.39, 0.29) is 11.6 Å². The molecule has 6 nitrogen and oxygen atoms in total. The van der Waals surface area contributed by atoms with E-state index in [4.69, 9.17) is 4.74 Å². The van der Waals surface area contributed by atoms with E-state index in [0.29, 0.717) is 28.0 Å². The molecule has 0 fully saturated rings. The standard InChI is InChI=1S/C17H15BrN2O4/c1-24-16-7-5-12(9-14(16)18)17(21)19-8-2-3-11-4-6-13(20(22)23)10-15(11)19/h4-7,9-10H,2-3,8H2,1H3. The van der Waals surface area contributed by atoms with Gasteiger partial charge in [-0.25, -0.2) is 0 Å². The van der Waals surface area contributed by atoms with Gasteiger partial charge >= 0.3 is 0 Å². The summed E-state index contributed by atoms with van der Waals surface area (Å²) in [5.41, 5.74) is 2.06. The summed E-state index contributed by atoms with van der Waals surface area (Å²) in [7, 11) is 1.56. The molecule has 0 aliphatic carbocycles. The third-order valence-electron chi connectivity index (χ3n) is 4.04. The number of carbonyl (C=O) groups is 1. The zero-order valence-electron chi connectivity index (χ0n) is 13.0. The Morgan fingerprint density at radius 2 is 2.08 bits per heavy atom.